The van der Waals surface area contributed by atoms with Crippen LogP contribution in [0.5, 0.6) is 0 Å². The van der Waals surface area contributed by atoms with Crippen molar-refractivity contribution in [2.75, 3.05) is 5.73 Å². The van der Waals surface area contributed by atoms with Gasteiger partial charge in [-0.1, -0.05) is 60.1 Å². The zero-order chi connectivity index (χ0) is 21.1. The van der Waals surface area contributed by atoms with Crippen molar-refractivity contribution in [2.45, 2.75) is 13.5 Å². The Hall–Kier alpha value is -3.57. The van der Waals surface area contributed by atoms with Crippen LogP contribution in [-0.2, 0) is 6.54 Å². The summed E-state index contributed by atoms with van der Waals surface area (Å²) >= 11 is 6.38. The number of hydrogen-bond acceptors (Lipinski definition) is 3. The Balaban J connectivity index is 1.65. The van der Waals surface area contributed by atoms with Crippen LogP contribution in [0.1, 0.15) is 27.2 Å². The van der Waals surface area contributed by atoms with Gasteiger partial charge in [-0.15, -0.1) is 0 Å². The highest BCUT2D eigenvalue weighted by Crippen LogP contribution is 2.27. The van der Waals surface area contributed by atoms with Crippen molar-refractivity contribution in [1.82, 2.24) is 9.99 Å². The van der Waals surface area contributed by atoms with E-state index in [1.54, 1.807) is 30.5 Å². The lowest BCUT2D eigenvalue weighted by atomic mass is 10.1. The predicted octanol–water partition coefficient (Wildman–Crippen LogP) is 5.00. The van der Waals surface area contributed by atoms with E-state index in [9.17, 15) is 4.79 Å². The Morgan fingerprint density at radius 2 is 1.77 bits per heavy atom. The summed E-state index contributed by atoms with van der Waals surface area (Å²) in [6.07, 6.45) is 1.68. The monoisotopic (exact) mass is 416 g/mol. The number of nitrogen functional groups attached to an aromatic ring is 1. The minimum Gasteiger partial charge on any atom is -0.398 e. The Labute approximate surface area is 179 Å². The molecule has 5 nitrogen and oxygen atoms in total. The highest BCUT2D eigenvalue weighted by Gasteiger charge is 2.14. The Kier molecular flexibility index (Phi) is 5.55. The average molecular weight is 417 g/mol. The van der Waals surface area contributed by atoms with Crippen molar-refractivity contribution >= 4 is 40.3 Å². The van der Waals surface area contributed by atoms with Gasteiger partial charge in [-0.3, -0.25) is 4.79 Å². The zero-order valence-corrected chi connectivity index (χ0v) is 17.2. The number of aromatic nitrogens is 1. The summed E-state index contributed by atoms with van der Waals surface area (Å²) < 4.78 is 2.20. The number of nitrogens with one attached hydrogen (secondary N) is 1. The fraction of sp³-hybridized carbons (Fsp3) is 0.0833. The van der Waals surface area contributed by atoms with Gasteiger partial charge < -0.3 is 10.3 Å². The molecule has 0 aliphatic rings. The number of hydrazone groups is 1. The third kappa shape index (κ3) is 3.80. The first-order valence-electron chi connectivity index (χ1n) is 9.55. The third-order valence-corrected chi connectivity index (χ3v) is 5.50. The first-order chi connectivity index (χ1) is 14.6. The molecule has 4 rings (SSSR count). The topological polar surface area (TPSA) is 72.4 Å². The van der Waals surface area contributed by atoms with Crippen LogP contribution in [0.2, 0.25) is 5.02 Å². The third-order valence-electron chi connectivity index (χ3n) is 5.13. The molecule has 0 saturated heterocycles. The zero-order valence-electron chi connectivity index (χ0n) is 16.5. The van der Waals surface area contributed by atoms with Crippen molar-refractivity contribution in [3.05, 3.63) is 100 Å². The van der Waals surface area contributed by atoms with Gasteiger partial charge in [-0.05, 0) is 36.8 Å². The van der Waals surface area contributed by atoms with Gasteiger partial charge in [-0.2, -0.15) is 5.10 Å². The first kappa shape index (κ1) is 19.7. The van der Waals surface area contributed by atoms with Crippen molar-refractivity contribution in [3.63, 3.8) is 0 Å². The van der Waals surface area contributed by atoms with Gasteiger partial charge in [0.05, 0.1) is 11.8 Å². The highest BCUT2D eigenvalue weighted by molar-refractivity contribution is 6.31. The minimum atomic E-state index is -0.346. The number of fused-ring (bicyclic) bond motifs is 1. The van der Waals surface area contributed by atoms with E-state index in [-0.39, 0.29) is 5.91 Å². The maximum atomic E-state index is 12.4. The first-order valence-corrected chi connectivity index (χ1v) is 9.93. The maximum Gasteiger partial charge on any atom is 0.273 e. The molecule has 0 saturated carbocycles. The van der Waals surface area contributed by atoms with Crippen molar-refractivity contribution in [3.8, 4) is 0 Å². The number of para-hydroxylation sites is 2. The molecule has 4 aromatic rings. The lowest BCUT2D eigenvalue weighted by Gasteiger charge is -2.10. The lowest BCUT2D eigenvalue weighted by molar-refractivity contribution is 0.0956. The summed E-state index contributed by atoms with van der Waals surface area (Å²) in [5, 5.41) is 5.98. The number of hydrogen-bond donors (Lipinski definition) is 2. The van der Waals surface area contributed by atoms with Gasteiger partial charge in [0, 0.05) is 39.4 Å². The molecule has 3 aromatic carbocycles. The standard InChI is InChI=1S/C24H21ClN4O/c1-16-20(14-27-28-24(30)19-10-3-6-12-22(19)26)18-9-4-7-13-23(18)29(16)15-17-8-2-5-11-21(17)25/h2-14H,15,26H2,1H3,(H,28,30)/b27-14+. The minimum absolute atomic E-state index is 0.346. The SMILES string of the molecule is Cc1c(/C=N/NC(=O)c2ccccc2N)c2ccccc2n1Cc1ccccc1Cl. The fourth-order valence-corrected chi connectivity index (χ4v) is 3.74. The molecule has 0 aliphatic heterocycles. The van der Waals surface area contributed by atoms with Crippen molar-refractivity contribution < 1.29 is 4.79 Å². The van der Waals surface area contributed by atoms with E-state index in [0.29, 0.717) is 17.8 Å². The normalized spacial score (nSPS) is 11.3. The van der Waals surface area contributed by atoms with E-state index in [0.717, 1.165) is 32.7 Å². The van der Waals surface area contributed by atoms with Gasteiger partial charge in [0.15, 0.2) is 0 Å². The number of nitrogens with two attached hydrogens (primary N) is 1. The molecule has 150 valence electrons. The summed E-state index contributed by atoms with van der Waals surface area (Å²) in [5.74, 6) is -0.346. The number of amides is 1. The predicted molar refractivity (Wildman–Crippen MR) is 123 cm³/mol. The quantitative estimate of drug-likeness (QED) is 0.273. The van der Waals surface area contributed by atoms with E-state index in [1.165, 1.54) is 0 Å². The van der Waals surface area contributed by atoms with Crippen LogP contribution in [-0.4, -0.2) is 16.7 Å². The van der Waals surface area contributed by atoms with E-state index < -0.39 is 0 Å². The molecule has 3 N–H and O–H groups in total. The number of anilines is 1. The number of nitrogens with zero attached hydrogens (tertiary/aromatic N) is 2. The van der Waals surface area contributed by atoms with Crippen LogP contribution in [0, 0.1) is 6.92 Å². The summed E-state index contributed by atoms with van der Waals surface area (Å²) in [4.78, 5) is 12.4. The molecule has 0 aliphatic carbocycles. The molecule has 6 heteroatoms. The molecule has 0 radical (unpaired) electrons. The van der Waals surface area contributed by atoms with Crippen LogP contribution >= 0.6 is 11.6 Å². The molecule has 0 bridgehead atoms. The van der Waals surface area contributed by atoms with Crippen LogP contribution < -0.4 is 11.2 Å². The summed E-state index contributed by atoms with van der Waals surface area (Å²) in [5.41, 5.74) is 13.3. The van der Waals surface area contributed by atoms with Crippen molar-refractivity contribution in [1.29, 1.82) is 0 Å². The van der Waals surface area contributed by atoms with E-state index in [4.69, 9.17) is 17.3 Å². The molecular formula is C24H21ClN4O. The molecule has 1 amide bonds. The Bertz CT molecular complexity index is 1260. The molecule has 0 fully saturated rings. The van der Waals surface area contributed by atoms with E-state index >= 15 is 0 Å². The fourth-order valence-electron chi connectivity index (χ4n) is 3.54. The Morgan fingerprint density at radius 1 is 1.07 bits per heavy atom. The lowest BCUT2D eigenvalue weighted by Crippen LogP contribution is -2.19. The molecular weight excluding hydrogens is 396 g/mol. The molecule has 0 atom stereocenters. The van der Waals surface area contributed by atoms with Gasteiger partial charge in [0.25, 0.3) is 5.91 Å². The van der Waals surface area contributed by atoms with Crippen LogP contribution in [0.3, 0.4) is 0 Å². The second kappa shape index (κ2) is 8.43. The summed E-state index contributed by atoms with van der Waals surface area (Å²) in [7, 11) is 0. The maximum absolute atomic E-state index is 12.4. The number of benzene rings is 3. The Morgan fingerprint density at radius 3 is 2.57 bits per heavy atom. The number of carbonyl (C=O) groups is 1. The average Bonchev–Trinajstić information content (AvgIpc) is 3.01. The van der Waals surface area contributed by atoms with Gasteiger partial charge in [0.2, 0.25) is 0 Å². The van der Waals surface area contributed by atoms with Gasteiger partial charge >= 0.3 is 0 Å². The largest absolute Gasteiger partial charge is 0.398 e. The second-order valence-corrected chi connectivity index (χ2v) is 7.39. The smallest absolute Gasteiger partial charge is 0.273 e. The highest BCUT2D eigenvalue weighted by atomic mass is 35.5. The van der Waals surface area contributed by atoms with Crippen LogP contribution in [0.4, 0.5) is 5.69 Å². The molecule has 30 heavy (non-hydrogen) atoms. The second-order valence-electron chi connectivity index (χ2n) is 6.98. The molecule has 1 heterocycles. The molecule has 1 aromatic heterocycles. The van der Waals surface area contributed by atoms with Gasteiger partial charge in [0.1, 0.15) is 0 Å². The number of halogens is 1. The van der Waals surface area contributed by atoms with Gasteiger partial charge in [-0.25, -0.2) is 5.43 Å². The summed E-state index contributed by atoms with van der Waals surface area (Å²) in [6.45, 7) is 2.68. The van der Waals surface area contributed by atoms with E-state index in [2.05, 4.69) is 21.2 Å². The number of rotatable bonds is 5. The number of carbonyl (C=O) groups excluding carboxylic acids is 1. The molecule has 0 unspecified atom stereocenters. The molecule has 0 spiro atoms. The van der Waals surface area contributed by atoms with Crippen molar-refractivity contribution in [2.24, 2.45) is 5.10 Å². The van der Waals surface area contributed by atoms with Crippen LogP contribution in [0.15, 0.2) is 77.9 Å². The van der Waals surface area contributed by atoms with Crippen LogP contribution in [0.25, 0.3) is 10.9 Å². The van der Waals surface area contributed by atoms with E-state index in [1.807, 2.05) is 49.4 Å². The summed E-state index contributed by atoms with van der Waals surface area (Å²) in [6, 6.07) is 22.8.